The van der Waals surface area contributed by atoms with E-state index in [1.807, 2.05) is 17.9 Å². The van der Waals surface area contributed by atoms with E-state index in [0.717, 1.165) is 24.8 Å². The van der Waals surface area contributed by atoms with Crippen molar-refractivity contribution >= 4 is 35.8 Å². The predicted molar refractivity (Wildman–Crippen MR) is 110 cm³/mol. The number of rotatable bonds is 7. The number of nitrogens with two attached hydrogens (primary N) is 1. The Balaban J connectivity index is 0.00000364. The Labute approximate surface area is 172 Å². The molecule has 1 aliphatic rings. The number of halogens is 2. The highest BCUT2D eigenvalue weighted by Crippen LogP contribution is 2.23. The van der Waals surface area contributed by atoms with Gasteiger partial charge in [-0.2, -0.15) is 0 Å². The van der Waals surface area contributed by atoms with Crippen LogP contribution in [0.4, 0.5) is 0 Å². The van der Waals surface area contributed by atoms with E-state index in [2.05, 4.69) is 5.32 Å². The number of piperidine rings is 1. The Kier molecular flexibility index (Phi) is 9.91. The molecule has 1 saturated heterocycles. The van der Waals surface area contributed by atoms with E-state index < -0.39 is 6.10 Å². The van der Waals surface area contributed by atoms with Crippen LogP contribution in [-0.2, 0) is 9.59 Å². The van der Waals surface area contributed by atoms with Gasteiger partial charge < -0.3 is 20.7 Å². The van der Waals surface area contributed by atoms with E-state index in [1.54, 1.807) is 19.1 Å². The second-order valence-corrected chi connectivity index (χ2v) is 7.10. The summed E-state index contributed by atoms with van der Waals surface area (Å²) in [5.74, 6) is 0.486. The van der Waals surface area contributed by atoms with Crippen LogP contribution in [0.1, 0.15) is 38.2 Å². The van der Waals surface area contributed by atoms with Crippen molar-refractivity contribution < 1.29 is 14.3 Å². The third kappa shape index (κ3) is 6.87. The second kappa shape index (κ2) is 11.4. The van der Waals surface area contributed by atoms with Crippen molar-refractivity contribution in [2.45, 2.75) is 51.7 Å². The zero-order chi connectivity index (χ0) is 19.1. The fourth-order valence-corrected chi connectivity index (χ4v) is 3.25. The normalized spacial score (nSPS) is 17.6. The zero-order valence-corrected chi connectivity index (χ0v) is 17.4. The molecule has 0 aromatic heterocycles. The number of likely N-dealkylation sites (tertiary alicyclic amines) is 1. The molecule has 27 heavy (non-hydrogen) atoms. The van der Waals surface area contributed by atoms with Crippen LogP contribution in [0.5, 0.6) is 5.75 Å². The minimum atomic E-state index is -0.601. The molecule has 6 nitrogen and oxygen atoms in total. The number of ether oxygens (including phenoxy) is 1. The van der Waals surface area contributed by atoms with Crippen LogP contribution >= 0.6 is 24.0 Å². The van der Waals surface area contributed by atoms with Crippen LogP contribution in [0.3, 0.4) is 0 Å². The molecule has 152 valence electrons. The smallest absolute Gasteiger partial charge is 0.263 e. The maximum Gasteiger partial charge on any atom is 0.263 e. The number of nitrogens with zero attached hydrogens (tertiary/aromatic N) is 1. The number of carbonyl (C=O) groups excluding carboxylic acids is 2. The molecule has 0 radical (unpaired) electrons. The van der Waals surface area contributed by atoms with Crippen molar-refractivity contribution in [1.29, 1.82) is 0 Å². The maximum atomic E-state index is 12.9. The molecule has 2 amide bonds. The van der Waals surface area contributed by atoms with Crippen molar-refractivity contribution in [1.82, 2.24) is 10.2 Å². The molecular weight excluding hydrogens is 389 g/mol. The van der Waals surface area contributed by atoms with Gasteiger partial charge in [0.1, 0.15) is 5.75 Å². The average Bonchev–Trinajstić information content (AvgIpc) is 2.63. The summed E-state index contributed by atoms with van der Waals surface area (Å²) in [5, 5.41) is 3.54. The lowest BCUT2D eigenvalue weighted by molar-refractivity contribution is -0.142. The molecule has 3 N–H and O–H groups in total. The number of aryl methyl sites for hydroxylation is 1. The van der Waals surface area contributed by atoms with Gasteiger partial charge in [-0.05, 0) is 56.9 Å². The fourth-order valence-electron chi connectivity index (χ4n) is 3.13. The van der Waals surface area contributed by atoms with Crippen molar-refractivity contribution in [3.05, 3.63) is 28.8 Å². The van der Waals surface area contributed by atoms with Gasteiger partial charge >= 0.3 is 0 Å². The second-order valence-electron chi connectivity index (χ2n) is 6.70. The largest absolute Gasteiger partial charge is 0.481 e. The van der Waals surface area contributed by atoms with Gasteiger partial charge in [-0.25, -0.2) is 0 Å². The number of carbonyl (C=O) groups is 2. The molecule has 8 heteroatoms. The Morgan fingerprint density at radius 3 is 2.81 bits per heavy atom. The molecule has 0 spiro atoms. The Bertz CT molecular complexity index is 643. The number of hydrogen-bond acceptors (Lipinski definition) is 4. The summed E-state index contributed by atoms with van der Waals surface area (Å²) in [7, 11) is 0. The molecule has 1 fully saturated rings. The highest BCUT2D eigenvalue weighted by atomic mass is 35.5. The Hall–Kier alpha value is -1.50. The van der Waals surface area contributed by atoms with Crippen LogP contribution in [0.15, 0.2) is 18.2 Å². The summed E-state index contributed by atoms with van der Waals surface area (Å²) in [5.41, 5.74) is 6.30. The predicted octanol–water partition coefficient (Wildman–Crippen LogP) is 2.68. The van der Waals surface area contributed by atoms with Crippen molar-refractivity contribution in [3.63, 3.8) is 0 Å². The van der Waals surface area contributed by atoms with E-state index in [0.29, 0.717) is 36.8 Å². The molecule has 2 atom stereocenters. The lowest BCUT2D eigenvalue weighted by Crippen LogP contribution is -2.52. The van der Waals surface area contributed by atoms with Gasteiger partial charge in [0, 0.05) is 37.1 Å². The zero-order valence-electron chi connectivity index (χ0n) is 15.9. The summed E-state index contributed by atoms with van der Waals surface area (Å²) in [6.07, 6.45) is 2.59. The minimum Gasteiger partial charge on any atom is -0.481 e. The third-order valence-corrected chi connectivity index (χ3v) is 5.03. The van der Waals surface area contributed by atoms with Crippen molar-refractivity contribution in [3.8, 4) is 5.75 Å². The molecule has 0 aliphatic carbocycles. The van der Waals surface area contributed by atoms with E-state index in [9.17, 15) is 9.59 Å². The van der Waals surface area contributed by atoms with Crippen molar-refractivity contribution in [2.75, 3.05) is 19.6 Å². The molecule has 2 rings (SSSR count). The highest BCUT2D eigenvalue weighted by molar-refractivity contribution is 6.31. The van der Waals surface area contributed by atoms with Gasteiger partial charge in [0.15, 0.2) is 6.10 Å². The first-order valence-electron chi connectivity index (χ1n) is 9.12. The quantitative estimate of drug-likeness (QED) is 0.713. The summed E-state index contributed by atoms with van der Waals surface area (Å²) < 4.78 is 5.82. The number of nitrogens with one attached hydrogen (secondary N) is 1. The fraction of sp³-hybridized carbons (Fsp3) is 0.579. The standard InChI is InChI=1S/C19H28ClN3O3.ClH/c1-13-11-16(6-7-17(13)20)26-14(2)19(25)23-10-4-3-5-15(23)12-22-18(24)8-9-21;/h6-7,11,14-15H,3-5,8-10,12,21H2,1-2H3,(H,22,24);1H. The minimum absolute atomic E-state index is 0. The molecule has 0 saturated carbocycles. The summed E-state index contributed by atoms with van der Waals surface area (Å²) >= 11 is 6.03. The molecule has 2 unspecified atom stereocenters. The van der Waals surface area contributed by atoms with E-state index in [1.165, 1.54) is 0 Å². The number of amides is 2. The summed E-state index contributed by atoms with van der Waals surface area (Å²) in [6.45, 7) is 5.11. The van der Waals surface area contributed by atoms with Crippen LogP contribution < -0.4 is 15.8 Å². The Morgan fingerprint density at radius 2 is 2.15 bits per heavy atom. The van der Waals surface area contributed by atoms with Crippen LogP contribution in [0.25, 0.3) is 0 Å². The van der Waals surface area contributed by atoms with E-state index >= 15 is 0 Å². The van der Waals surface area contributed by atoms with Gasteiger partial charge in [-0.3, -0.25) is 9.59 Å². The van der Waals surface area contributed by atoms with Gasteiger partial charge in [-0.1, -0.05) is 11.6 Å². The van der Waals surface area contributed by atoms with Gasteiger partial charge in [0.2, 0.25) is 5.91 Å². The SMILES string of the molecule is Cc1cc(OC(C)C(=O)N2CCCCC2CNC(=O)CCN)ccc1Cl.Cl. The summed E-state index contributed by atoms with van der Waals surface area (Å²) in [4.78, 5) is 26.4. The molecule has 1 aliphatic heterocycles. The molecule has 0 bridgehead atoms. The van der Waals surface area contributed by atoms with Gasteiger partial charge in [0.05, 0.1) is 0 Å². The van der Waals surface area contributed by atoms with Gasteiger partial charge in [-0.15, -0.1) is 12.4 Å². The molecule has 1 aromatic carbocycles. The molecule has 1 aromatic rings. The first kappa shape index (κ1) is 23.5. The van der Waals surface area contributed by atoms with Gasteiger partial charge in [0.25, 0.3) is 5.91 Å². The van der Waals surface area contributed by atoms with Crippen LogP contribution in [0.2, 0.25) is 5.02 Å². The monoisotopic (exact) mass is 417 g/mol. The third-order valence-electron chi connectivity index (χ3n) is 4.61. The lowest BCUT2D eigenvalue weighted by Gasteiger charge is -2.37. The van der Waals surface area contributed by atoms with Crippen molar-refractivity contribution in [2.24, 2.45) is 5.73 Å². The maximum absolute atomic E-state index is 12.9. The highest BCUT2D eigenvalue weighted by Gasteiger charge is 2.30. The molecular formula is C19H29Cl2N3O3. The molecule has 1 heterocycles. The summed E-state index contributed by atoms with van der Waals surface area (Å²) in [6, 6.07) is 5.35. The average molecular weight is 418 g/mol. The lowest BCUT2D eigenvalue weighted by atomic mass is 10.0. The topological polar surface area (TPSA) is 84.7 Å². The first-order valence-corrected chi connectivity index (χ1v) is 9.50. The Morgan fingerprint density at radius 1 is 1.41 bits per heavy atom. The number of benzene rings is 1. The van der Waals surface area contributed by atoms with E-state index in [4.69, 9.17) is 22.1 Å². The van der Waals surface area contributed by atoms with Crippen LogP contribution in [-0.4, -0.2) is 48.5 Å². The van der Waals surface area contributed by atoms with E-state index in [-0.39, 0.29) is 30.3 Å². The number of hydrogen-bond donors (Lipinski definition) is 2. The first-order chi connectivity index (χ1) is 12.4. The van der Waals surface area contributed by atoms with Crippen LogP contribution in [0, 0.1) is 6.92 Å².